The van der Waals surface area contributed by atoms with Gasteiger partial charge in [0, 0.05) is 30.8 Å². The van der Waals surface area contributed by atoms with E-state index in [1.54, 1.807) is 7.11 Å². The van der Waals surface area contributed by atoms with Gasteiger partial charge in [-0.05, 0) is 42.6 Å². The van der Waals surface area contributed by atoms with Gasteiger partial charge in [0.05, 0.1) is 7.11 Å². The number of anilines is 1. The Kier molecular flexibility index (Phi) is 5.71. The summed E-state index contributed by atoms with van der Waals surface area (Å²) in [4.78, 5) is 14.3. The van der Waals surface area contributed by atoms with Crippen LogP contribution in [0, 0.1) is 5.92 Å². The van der Waals surface area contributed by atoms with E-state index in [4.69, 9.17) is 4.74 Å². The van der Waals surface area contributed by atoms with Crippen LogP contribution < -0.4 is 15.0 Å². The number of benzene rings is 2. The average Bonchev–Trinajstić information content (AvgIpc) is 3.01. The monoisotopic (exact) mass is 338 g/mol. The Bertz CT molecular complexity index is 715. The molecule has 132 valence electrons. The van der Waals surface area contributed by atoms with Gasteiger partial charge in [-0.15, -0.1) is 0 Å². The van der Waals surface area contributed by atoms with Crippen molar-refractivity contribution in [1.29, 1.82) is 0 Å². The van der Waals surface area contributed by atoms with E-state index >= 15 is 0 Å². The van der Waals surface area contributed by atoms with Crippen LogP contribution in [0.1, 0.15) is 24.5 Å². The van der Waals surface area contributed by atoms with Crippen LogP contribution in [0.15, 0.2) is 48.5 Å². The number of ether oxygens (including phenoxy) is 1. The molecule has 1 heterocycles. The normalized spacial score (nSPS) is 17.1. The van der Waals surface area contributed by atoms with Gasteiger partial charge in [-0.2, -0.15) is 0 Å². The fraction of sp³-hybridized carbons (Fsp3) is 0.381. The van der Waals surface area contributed by atoms with E-state index in [0.717, 1.165) is 37.5 Å². The Labute approximate surface area is 149 Å². The zero-order valence-corrected chi connectivity index (χ0v) is 15.0. The number of hydrogen-bond donors (Lipinski definition) is 1. The molecule has 1 fully saturated rings. The van der Waals surface area contributed by atoms with E-state index in [0.29, 0.717) is 12.3 Å². The molecule has 3 rings (SSSR count). The van der Waals surface area contributed by atoms with E-state index in [2.05, 4.69) is 24.4 Å². The summed E-state index contributed by atoms with van der Waals surface area (Å²) in [5.41, 5.74) is 3.44. The van der Waals surface area contributed by atoms with Gasteiger partial charge in [-0.25, -0.2) is 0 Å². The topological polar surface area (TPSA) is 41.6 Å². The van der Waals surface area contributed by atoms with Gasteiger partial charge in [0.15, 0.2) is 0 Å². The lowest BCUT2D eigenvalue weighted by Crippen LogP contribution is -2.24. The number of carbonyl (C=O) groups is 1. The molecule has 1 saturated heterocycles. The van der Waals surface area contributed by atoms with Crippen molar-refractivity contribution in [2.24, 2.45) is 5.92 Å². The molecule has 2 aromatic rings. The summed E-state index contributed by atoms with van der Waals surface area (Å²) < 4.78 is 5.46. The number of nitrogens with one attached hydrogen (secondary N) is 1. The summed E-state index contributed by atoms with van der Waals surface area (Å²) >= 11 is 0. The highest BCUT2D eigenvalue weighted by molar-refractivity contribution is 5.95. The maximum atomic E-state index is 12.4. The quantitative estimate of drug-likeness (QED) is 0.841. The summed E-state index contributed by atoms with van der Waals surface area (Å²) in [6, 6.07) is 16.3. The Morgan fingerprint density at radius 1 is 1.20 bits per heavy atom. The Hall–Kier alpha value is -2.33. The lowest BCUT2D eigenvalue weighted by Gasteiger charge is -2.17. The molecule has 1 unspecified atom stereocenters. The maximum Gasteiger partial charge on any atom is 0.227 e. The van der Waals surface area contributed by atoms with E-state index in [1.165, 1.54) is 11.1 Å². The fourth-order valence-electron chi connectivity index (χ4n) is 3.47. The number of rotatable bonds is 7. The van der Waals surface area contributed by atoms with E-state index in [1.807, 2.05) is 41.3 Å². The van der Waals surface area contributed by atoms with Crippen LogP contribution in [-0.4, -0.2) is 26.1 Å². The molecule has 1 atom stereocenters. The van der Waals surface area contributed by atoms with Crippen molar-refractivity contribution in [2.45, 2.75) is 26.3 Å². The van der Waals surface area contributed by atoms with Gasteiger partial charge in [-0.1, -0.05) is 37.3 Å². The van der Waals surface area contributed by atoms with Crippen molar-refractivity contribution in [3.05, 3.63) is 59.7 Å². The molecule has 0 aliphatic carbocycles. The molecule has 0 spiro atoms. The van der Waals surface area contributed by atoms with Gasteiger partial charge in [0.25, 0.3) is 0 Å². The predicted octanol–water partition coefficient (Wildman–Crippen LogP) is 3.40. The Morgan fingerprint density at radius 3 is 2.72 bits per heavy atom. The second kappa shape index (κ2) is 8.17. The molecule has 0 aromatic heterocycles. The minimum absolute atomic E-state index is 0.220. The fourth-order valence-corrected chi connectivity index (χ4v) is 3.47. The molecule has 1 N–H and O–H groups in total. The molecule has 1 aliphatic rings. The SMILES string of the molecule is CCNCc1cc(CC2CC(=O)N(c3ccccc3)C2)ccc1OC. The maximum absolute atomic E-state index is 12.4. The molecule has 4 nitrogen and oxygen atoms in total. The molecular formula is C21H26N2O2. The van der Waals surface area contributed by atoms with Gasteiger partial charge >= 0.3 is 0 Å². The van der Waals surface area contributed by atoms with Crippen LogP contribution in [-0.2, 0) is 17.8 Å². The number of amides is 1. The van der Waals surface area contributed by atoms with Crippen molar-refractivity contribution < 1.29 is 9.53 Å². The summed E-state index contributed by atoms with van der Waals surface area (Å²) in [7, 11) is 1.71. The first-order chi connectivity index (χ1) is 12.2. The molecule has 0 saturated carbocycles. The first-order valence-corrected chi connectivity index (χ1v) is 8.93. The van der Waals surface area contributed by atoms with Crippen molar-refractivity contribution in [3.8, 4) is 5.75 Å². The van der Waals surface area contributed by atoms with Crippen molar-refractivity contribution in [3.63, 3.8) is 0 Å². The molecule has 0 radical (unpaired) electrons. The number of carbonyl (C=O) groups excluding carboxylic acids is 1. The molecular weight excluding hydrogens is 312 g/mol. The molecule has 0 bridgehead atoms. The van der Waals surface area contributed by atoms with Gasteiger partial charge in [-0.3, -0.25) is 4.79 Å². The summed E-state index contributed by atoms with van der Waals surface area (Å²) in [5.74, 6) is 1.49. The average molecular weight is 338 g/mol. The highest BCUT2D eigenvalue weighted by Gasteiger charge is 2.30. The minimum atomic E-state index is 0.220. The van der Waals surface area contributed by atoms with E-state index in [-0.39, 0.29) is 5.91 Å². The number of para-hydroxylation sites is 1. The third-order valence-electron chi connectivity index (χ3n) is 4.71. The van der Waals surface area contributed by atoms with Crippen LogP contribution in [0.3, 0.4) is 0 Å². The Balaban J connectivity index is 1.69. The van der Waals surface area contributed by atoms with Crippen molar-refractivity contribution in [1.82, 2.24) is 5.32 Å². The standard InChI is InChI=1S/C21H26N2O2/c1-3-22-14-18-12-16(9-10-20(18)25-2)11-17-13-21(24)23(15-17)19-7-5-4-6-8-19/h4-10,12,17,22H,3,11,13-15H2,1-2H3. The highest BCUT2D eigenvalue weighted by atomic mass is 16.5. The van der Waals surface area contributed by atoms with Gasteiger partial charge < -0.3 is 15.0 Å². The molecule has 2 aromatic carbocycles. The first-order valence-electron chi connectivity index (χ1n) is 8.93. The first kappa shape index (κ1) is 17.5. The van der Waals surface area contributed by atoms with Crippen LogP contribution in [0.25, 0.3) is 0 Å². The molecule has 4 heteroatoms. The van der Waals surface area contributed by atoms with Crippen molar-refractivity contribution >= 4 is 11.6 Å². The lowest BCUT2D eigenvalue weighted by molar-refractivity contribution is -0.117. The smallest absolute Gasteiger partial charge is 0.227 e. The summed E-state index contributed by atoms with van der Waals surface area (Å²) in [6.45, 7) is 4.61. The van der Waals surface area contributed by atoms with Gasteiger partial charge in [0.1, 0.15) is 5.75 Å². The highest BCUT2D eigenvalue weighted by Crippen LogP contribution is 2.28. The summed E-state index contributed by atoms with van der Waals surface area (Å²) in [5, 5.41) is 3.35. The van der Waals surface area contributed by atoms with Crippen LogP contribution in [0.2, 0.25) is 0 Å². The van der Waals surface area contributed by atoms with Crippen LogP contribution in [0.4, 0.5) is 5.69 Å². The third-order valence-corrected chi connectivity index (χ3v) is 4.71. The van der Waals surface area contributed by atoms with Crippen LogP contribution in [0.5, 0.6) is 5.75 Å². The minimum Gasteiger partial charge on any atom is -0.496 e. The van der Waals surface area contributed by atoms with E-state index < -0.39 is 0 Å². The van der Waals surface area contributed by atoms with Crippen LogP contribution >= 0.6 is 0 Å². The van der Waals surface area contributed by atoms with E-state index in [9.17, 15) is 4.79 Å². The van der Waals surface area contributed by atoms with Gasteiger partial charge in [0.2, 0.25) is 5.91 Å². The lowest BCUT2D eigenvalue weighted by atomic mass is 9.97. The zero-order valence-electron chi connectivity index (χ0n) is 15.0. The zero-order chi connectivity index (χ0) is 17.6. The number of nitrogens with zero attached hydrogens (tertiary/aromatic N) is 1. The number of hydrogen-bond acceptors (Lipinski definition) is 3. The third kappa shape index (κ3) is 4.20. The summed E-state index contributed by atoms with van der Waals surface area (Å²) in [6.07, 6.45) is 1.53. The van der Waals surface area contributed by atoms with Crippen molar-refractivity contribution in [2.75, 3.05) is 25.1 Å². The molecule has 1 aliphatic heterocycles. The predicted molar refractivity (Wildman–Crippen MR) is 101 cm³/mol. The second-order valence-corrected chi connectivity index (χ2v) is 6.54. The number of methoxy groups -OCH3 is 1. The second-order valence-electron chi connectivity index (χ2n) is 6.54. The largest absolute Gasteiger partial charge is 0.496 e. The molecule has 25 heavy (non-hydrogen) atoms. The Morgan fingerprint density at radius 2 is 2.00 bits per heavy atom. The molecule has 1 amide bonds.